The van der Waals surface area contributed by atoms with Gasteiger partial charge in [0, 0.05) is 24.3 Å². The molecule has 1 N–H and O–H groups in total. The number of rotatable bonds is 3. The van der Waals surface area contributed by atoms with Gasteiger partial charge in [-0.3, -0.25) is 9.59 Å². The lowest BCUT2D eigenvalue weighted by Gasteiger charge is -2.16. The molecule has 1 aromatic rings. The van der Waals surface area contributed by atoms with Crippen LogP contribution in [-0.4, -0.2) is 23.2 Å². The molecule has 1 aliphatic rings. The molecule has 0 aliphatic carbocycles. The Morgan fingerprint density at radius 2 is 2.06 bits per heavy atom. The molecule has 0 spiro atoms. The molecule has 0 radical (unpaired) electrons. The van der Waals surface area contributed by atoms with Crippen LogP contribution in [0.4, 0.5) is 11.4 Å². The van der Waals surface area contributed by atoms with Gasteiger partial charge in [-0.1, -0.05) is 15.9 Å². The van der Waals surface area contributed by atoms with Crippen LogP contribution in [0.25, 0.3) is 0 Å². The third-order valence-electron chi connectivity index (χ3n) is 2.88. The molecule has 1 aliphatic heterocycles. The third-order valence-corrected chi connectivity index (χ3v) is 3.30. The first kappa shape index (κ1) is 13.1. The monoisotopic (exact) mass is 310 g/mol. The molecule has 0 saturated carbocycles. The van der Waals surface area contributed by atoms with Crippen molar-refractivity contribution in [3.05, 3.63) is 24.3 Å². The average molecular weight is 311 g/mol. The number of alkyl halides is 1. The predicted molar refractivity (Wildman–Crippen MR) is 75.0 cm³/mol. The highest BCUT2D eigenvalue weighted by Crippen LogP contribution is 2.23. The Bertz CT molecular complexity index is 457. The van der Waals surface area contributed by atoms with Crippen LogP contribution in [0.1, 0.15) is 19.8 Å². The summed E-state index contributed by atoms with van der Waals surface area (Å²) in [7, 11) is 0. The molecule has 1 atom stereocenters. The van der Waals surface area contributed by atoms with Gasteiger partial charge in [-0.15, -0.1) is 0 Å². The second kappa shape index (κ2) is 5.52. The van der Waals surface area contributed by atoms with Crippen molar-refractivity contribution in [1.82, 2.24) is 0 Å². The first-order valence-electron chi connectivity index (χ1n) is 5.93. The highest BCUT2D eigenvalue weighted by molar-refractivity contribution is 9.10. The summed E-state index contributed by atoms with van der Waals surface area (Å²) in [6, 6.07) is 7.35. The topological polar surface area (TPSA) is 49.4 Å². The lowest BCUT2D eigenvalue weighted by atomic mass is 10.2. The van der Waals surface area contributed by atoms with Gasteiger partial charge in [0.2, 0.25) is 11.8 Å². The number of carbonyl (C=O) groups excluding carboxylic acids is 2. The van der Waals surface area contributed by atoms with Gasteiger partial charge in [-0.05, 0) is 37.6 Å². The number of nitrogens with zero attached hydrogens (tertiary/aromatic N) is 1. The van der Waals surface area contributed by atoms with E-state index in [0.29, 0.717) is 6.42 Å². The number of amides is 2. The molecule has 1 unspecified atom stereocenters. The number of nitrogens with one attached hydrogen (secondary N) is 1. The molecule has 96 valence electrons. The number of hydrogen-bond acceptors (Lipinski definition) is 2. The Hall–Kier alpha value is -1.36. The molecule has 0 bridgehead atoms. The Kier molecular flexibility index (Phi) is 4.01. The summed E-state index contributed by atoms with van der Waals surface area (Å²) in [5.41, 5.74) is 1.63. The van der Waals surface area contributed by atoms with Gasteiger partial charge in [-0.2, -0.15) is 0 Å². The van der Waals surface area contributed by atoms with E-state index < -0.39 is 0 Å². The van der Waals surface area contributed by atoms with E-state index >= 15 is 0 Å². The zero-order valence-electron chi connectivity index (χ0n) is 10.1. The molecule has 1 saturated heterocycles. The maximum Gasteiger partial charge on any atom is 0.237 e. The summed E-state index contributed by atoms with van der Waals surface area (Å²) >= 11 is 3.21. The molecular formula is C13H15BrN2O2. The SMILES string of the molecule is CC(Br)C(=O)Nc1ccc(N2CCCC2=O)cc1. The van der Waals surface area contributed by atoms with E-state index in [-0.39, 0.29) is 16.6 Å². The second-order valence-corrected chi connectivity index (χ2v) is 5.67. The van der Waals surface area contributed by atoms with Crippen LogP contribution in [0.3, 0.4) is 0 Å². The van der Waals surface area contributed by atoms with E-state index in [1.54, 1.807) is 11.8 Å². The van der Waals surface area contributed by atoms with E-state index in [9.17, 15) is 9.59 Å². The molecule has 18 heavy (non-hydrogen) atoms. The molecule has 5 heteroatoms. The fraction of sp³-hybridized carbons (Fsp3) is 0.385. The van der Waals surface area contributed by atoms with Gasteiger partial charge in [0.05, 0.1) is 4.83 Å². The van der Waals surface area contributed by atoms with Crippen LogP contribution in [0.15, 0.2) is 24.3 Å². The molecule has 1 aromatic carbocycles. The quantitative estimate of drug-likeness (QED) is 0.872. The molecule has 0 aromatic heterocycles. The maximum atomic E-state index is 11.6. The Labute approximate surface area is 114 Å². The van der Waals surface area contributed by atoms with E-state index in [2.05, 4.69) is 21.2 Å². The van der Waals surface area contributed by atoms with Crippen molar-refractivity contribution in [1.29, 1.82) is 0 Å². The molecule has 1 heterocycles. The van der Waals surface area contributed by atoms with Crippen molar-refractivity contribution in [2.45, 2.75) is 24.6 Å². The molecule has 2 rings (SSSR count). The fourth-order valence-electron chi connectivity index (χ4n) is 1.89. The van der Waals surface area contributed by atoms with Gasteiger partial charge in [-0.25, -0.2) is 0 Å². The molecule has 1 fully saturated rings. The van der Waals surface area contributed by atoms with E-state index in [4.69, 9.17) is 0 Å². The minimum Gasteiger partial charge on any atom is -0.325 e. The van der Waals surface area contributed by atoms with Crippen LogP contribution < -0.4 is 10.2 Å². The minimum absolute atomic E-state index is 0.0833. The largest absolute Gasteiger partial charge is 0.325 e. The molecular weight excluding hydrogens is 296 g/mol. The van der Waals surface area contributed by atoms with E-state index in [1.165, 1.54) is 0 Å². The van der Waals surface area contributed by atoms with Gasteiger partial charge in [0.25, 0.3) is 0 Å². The number of benzene rings is 1. The number of halogens is 1. The number of carbonyl (C=O) groups is 2. The Morgan fingerprint density at radius 3 is 2.56 bits per heavy atom. The van der Waals surface area contributed by atoms with Crippen molar-refractivity contribution in [2.75, 3.05) is 16.8 Å². The first-order chi connectivity index (χ1) is 8.58. The third kappa shape index (κ3) is 2.90. The van der Waals surface area contributed by atoms with Gasteiger partial charge in [0.15, 0.2) is 0 Å². The summed E-state index contributed by atoms with van der Waals surface area (Å²) < 4.78 is 0. The maximum absolute atomic E-state index is 11.6. The van der Waals surface area contributed by atoms with Crippen LogP contribution in [-0.2, 0) is 9.59 Å². The summed E-state index contributed by atoms with van der Waals surface area (Å²) in [6.45, 7) is 2.55. The number of anilines is 2. The molecule has 2 amide bonds. The average Bonchev–Trinajstić information content (AvgIpc) is 2.76. The first-order valence-corrected chi connectivity index (χ1v) is 6.85. The smallest absolute Gasteiger partial charge is 0.237 e. The summed E-state index contributed by atoms with van der Waals surface area (Å²) in [4.78, 5) is 24.6. The zero-order chi connectivity index (χ0) is 13.1. The highest BCUT2D eigenvalue weighted by atomic mass is 79.9. The Balaban J connectivity index is 2.06. The zero-order valence-corrected chi connectivity index (χ0v) is 11.7. The summed E-state index contributed by atoms with van der Waals surface area (Å²) in [6.07, 6.45) is 1.54. The normalized spacial score (nSPS) is 16.8. The van der Waals surface area contributed by atoms with Crippen molar-refractivity contribution in [3.8, 4) is 0 Å². The van der Waals surface area contributed by atoms with Crippen molar-refractivity contribution in [3.63, 3.8) is 0 Å². The summed E-state index contributed by atoms with van der Waals surface area (Å²) in [5.74, 6) is 0.0841. The minimum atomic E-state index is -0.225. The van der Waals surface area contributed by atoms with Crippen LogP contribution >= 0.6 is 15.9 Å². The van der Waals surface area contributed by atoms with Crippen LogP contribution in [0, 0.1) is 0 Å². The fourth-order valence-corrected chi connectivity index (χ4v) is 2.00. The summed E-state index contributed by atoms with van der Waals surface area (Å²) in [5, 5.41) is 2.78. The lowest BCUT2D eigenvalue weighted by molar-refractivity contribution is -0.117. The van der Waals surface area contributed by atoms with Crippen molar-refractivity contribution in [2.24, 2.45) is 0 Å². The standard InChI is InChI=1S/C13H15BrN2O2/c1-9(14)13(18)15-10-4-6-11(7-5-10)16-8-2-3-12(16)17/h4-7,9H,2-3,8H2,1H3,(H,15,18). The van der Waals surface area contributed by atoms with Gasteiger partial charge >= 0.3 is 0 Å². The van der Waals surface area contributed by atoms with E-state index in [0.717, 1.165) is 24.3 Å². The van der Waals surface area contributed by atoms with Crippen LogP contribution in [0.5, 0.6) is 0 Å². The highest BCUT2D eigenvalue weighted by Gasteiger charge is 2.21. The van der Waals surface area contributed by atoms with Gasteiger partial charge in [0.1, 0.15) is 0 Å². The Morgan fingerprint density at radius 1 is 1.39 bits per heavy atom. The van der Waals surface area contributed by atoms with E-state index in [1.807, 2.05) is 24.3 Å². The number of hydrogen-bond donors (Lipinski definition) is 1. The van der Waals surface area contributed by atoms with Crippen LogP contribution in [0.2, 0.25) is 0 Å². The van der Waals surface area contributed by atoms with Gasteiger partial charge < -0.3 is 10.2 Å². The molecule has 4 nitrogen and oxygen atoms in total. The van der Waals surface area contributed by atoms with Crippen molar-refractivity contribution < 1.29 is 9.59 Å². The lowest BCUT2D eigenvalue weighted by Crippen LogP contribution is -2.23. The second-order valence-electron chi connectivity index (χ2n) is 4.30. The predicted octanol–water partition coefficient (Wildman–Crippen LogP) is 2.54. The van der Waals surface area contributed by atoms with Crippen molar-refractivity contribution >= 4 is 39.1 Å².